The lowest BCUT2D eigenvalue weighted by Crippen LogP contribution is -2.37. The maximum Gasteiger partial charge on any atom is 0.329 e. The molecule has 1 amide bonds. The summed E-state index contributed by atoms with van der Waals surface area (Å²) < 4.78 is 25.0. The van der Waals surface area contributed by atoms with Crippen molar-refractivity contribution >= 4 is 23.3 Å². The highest BCUT2D eigenvalue weighted by Crippen LogP contribution is 2.24. The Morgan fingerprint density at radius 3 is 2.31 bits per heavy atom. The minimum absolute atomic E-state index is 0. The van der Waals surface area contributed by atoms with Crippen LogP contribution in [0.3, 0.4) is 0 Å². The molecule has 0 fully saturated rings. The number of nitrogens with one attached hydrogen (secondary N) is 2. The monoisotopic (exact) mass is 686 g/mol. The van der Waals surface area contributed by atoms with E-state index in [1.807, 2.05) is 19.1 Å². The third-order valence-electron chi connectivity index (χ3n) is 7.73. The molecule has 9 heteroatoms. The Morgan fingerprint density at radius 2 is 1.63 bits per heavy atom. The first-order chi connectivity index (χ1) is 23.2. The summed E-state index contributed by atoms with van der Waals surface area (Å²) in [5.41, 5.74) is -0.249. The average Bonchev–Trinajstić information content (AvgIpc) is 3.05. The average molecular weight is 687 g/mol. The third kappa shape index (κ3) is 23.7. The van der Waals surface area contributed by atoms with Crippen LogP contribution in [0, 0.1) is 23.7 Å². The summed E-state index contributed by atoms with van der Waals surface area (Å²) in [5.74, 6) is 10.2. The van der Waals surface area contributed by atoms with Crippen molar-refractivity contribution in [1.29, 1.82) is 0 Å². The second-order valence-corrected chi connectivity index (χ2v) is 12.1. The van der Waals surface area contributed by atoms with E-state index in [9.17, 15) is 18.8 Å². The van der Waals surface area contributed by atoms with E-state index in [0.717, 1.165) is 57.9 Å². The molecule has 0 radical (unpaired) electrons. The number of aryl methyl sites for hydroxylation is 1. The SMILES string of the molecule is C.CCCCCCC(=O)COC1C#CCCCCC1.CCCNCOCC(=O)O.CCc1ccc(NC(=O)C2(F)C#CCCCCC2)cc1. The number of unbranched alkanes of at least 4 members (excludes halogenated alkanes) is 3. The van der Waals surface area contributed by atoms with Crippen LogP contribution >= 0.6 is 0 Å². The topological polar surface area (TPSA) is 114 Å². The van der Waals surface area contributed by atoms with Gasteiger partial charge in [-0.3, -0.25) is 14.9 Å². The van der Waals surface area contributed by atoms with Crippen molar-refractivity contribution in [3.63, 3.8) is 0 Å². The van der Waals surface area contributed by atoms with E-state index in [1.54, 1.807) is 12.1 Å². The lowest BCUT2D eigenvalue weighted by Gasteiger charge is -2.20. The minimum atomic E-state index is -2.05. The molecule has 1 aromatic rings. The van der Waals surface area contributed by atoms with Crippen molar-refractivity contribution in [3.05, 3.63) is 29.8 Å². The van der Waals surface area contributed by atoms with Gasteiger partial charge >= 0.3 is 5.97 Å². The number of aliphatic carboxylic acids is 1. The van der Waals surface area contributed by atoms with Gasteiger partial charge in [0.1, 0.15) is 19.3 Å². The number of carboxylic acids is 1. The standard InChI is InChI=1S/C17H20FNO.C16H26O2.C6H13NO3.CH4/c1-2-14-8-10-15(11-9-14)19-16(20)17(18)12-6-4-3-5-7-13-17;1-2-3-4-8-11-15(17)14-18-16-12-9-6-5-7-10-13-16;1-2-3-7-5-10-4-6(8)9;/h8-11H,2-6,12H2,1H3,(H,19,20);16H,2-9,11-12,14H2,1H3;7H,2-5H2,1H3,(H,8,9);1H4. The number of amides is 1. The molecule has 0 aromatic heterocycles. The van der Waals surface area contributed by atoms with Gasteiger partial charge < -0.3 is 19.9 Å². The second-order valence-electron chi connectivity index (χ2n) is 12.1. The van der Waals surface area contributed by atoms with Gasteiger partial charge in [-0.1, -0.05) is 90.2 Å². The molecular formula is C40H63FN2O6. The summed E-state index contributed by atoms with van der Waals surface area (Å²) in [6.45, 7) is 7.48. The summed E-state index contributed by atoms with van der Waals surface area (Å²) in [6.07, 6.45) is 16.3. The van der Waals surface area contributed by atoms with Crippen LogP contribution in [0.5, 0.6) is 0 Å². The molecule has 0 bridgehead atoms. The molecule has 0 spiro atoms. The highest BCUT2D eigenvalue weighted by atomic mass is 19.1. The van der Waals surface area contributed by atoms with Gasteiger partial charge in [-0.2, -0.15) is 0 Å². The van der Waals surface area contributed by atoms with Crippen LogP contribution < -0.4 is 10.6 Å². The Bertz CT molecular complexity index is 1170. The van der Waals surface area contributed by atoms with Gasteiger partial charge in [0.05, 0.1) is 6.73 Å². The number of anilines is 1. The summed E-state index contributed by atoms with van der Waals surface area (Å²) in [7, 11) is 0. The highest BCUT2D eigenvalue weighted by molar-refractivity contribution is 5.99. The van der Waals surface area contributed by atoms with E-state index in [0.29, 0.717) is 31.7 Å². The van der Waals surface area contributed by atoms with E-state index in [2.05, 4.69) is 52.9 Å². The van der Waals surface area contributed by atoms with Crippen LogP contribution in [0.15, 0.2) is 24.3 Å². The fourth-order valence-electron chi connectivity index (χ4n) is 4.83. The van der Waals surface area contributed by atoms with E-state index in [1.165, 1.54) is 37.7 Å². The van der Waals surface area contributed by atoms with Gasteiger partial charge in [0.2, 0.25) is 5.67 Å². The molecule has 3 rings (SSSR count). The third-order valence-corrected chi connectivity index (χ3v) is 7.73. The molecule has 2 aliphatic rings. The highest BCUT2D eigenvalue weighted by Gasteiger charge is 2.36. The van der Waals surface area contributed by atoms with Gasteiger partial charge in [-0.05, 0) is 75.6 Å². The zero-order valence-electron chi connectivity index (χ0n) is 29.6. The Morgan fingerprint density at radius 1 is 0.918 bits per heavy atom. The van der Waals surface area contributed by atoms with Crippen molar-refractivity contribution in [2.45, 2.75) is 149 Å². The molecular weight excluding hydrogens is 623 g/mol. The van der Waals surface area contributed by atoms with Crippen molar-refractivity contribution in [2.75, 3.05) is 31.8 Å². The maximum atomic E-state index is 14.7. The Kier molecular flexibility index (Phi) is 27.7. The fourth-order valence-corrected chi connectivity index (χ4v) is 4.83. The Labute approximate surface area is 296 Å². The largest absolute Gasteiger partial charge is 0.480 e. The maximum absolute atomic E-state index is 14.7. The molecule has 0 saturated carbocycles. The smallest absolute Gasteiger partial charge is 0.329 e. The van der Waals surface area contributed by atoms with Gasteiger partial charge in [-0.15, -0.1) is 5.92 Å². The number of rotatable bonds is 17. The quantitative estimate of drug-likeness (QED) is 0.0857. The lowest BCUT2D eigenvalue weighted by atomic mass is 9.94. The number of ketones is 1. The van der Waals surface area contributed by atoms with E-state index < -0.39 is 17.5 Å². The van der Waals surface area contributed by atoms with E-state index in [4.69, 9.17) is 9.84 Å². The molecule has 3 N–H and O–H groups in total. The van der Waals surface area contributed by atoms with E-state index >= 15 is 0 Å². The zero-order chi connectivity index (χ0) is 35.3. The molecule has 1 aromatic carbocycles. The normalized spacial score (nSPS) is 18.2. The number of hydrogen-bond acceptors (Lipinski definition) is 6. The molecule has 0 heterocycles. The van der Waals surface area contributed by atoms with Crippen molar-refractivity contribution in [3.8, 4) is 23.7 Å². The van der Waals surface area contributed by atoms with Crippen molar-refractivity contribution in [2.24, 2.45) is 0 Å². The number of Topliss-reactive ketones (excluding diaryl/α,β-unsaturated/α-hetero) is 1. The van der Waals surface area contributed by atoms with Gasteiger partial charge in [0, 0.05) is 31.4 Å². The van der Waals surface area contributed by atoms with Crippen LogP contribution in [0.1, 0.15) is 136 Å². The van der Waals surface area contributed by atoms with E-state index in [-0.39, 0.29) is 38.9 Å². The number of carbonyl (C=O) groups excluding carboxylic acids is 2. The Hall–Kier alpha value is -3.24. The van der Waals surface area contributed by atoms with Crippen LogP contribution in [0.25, 0.3) is 0 Å². The van der Waals surface area contributed by atoms with Crippen LogP contribution in [0.2, 0.25) is 0 Å². The van der Waals surface area contributed by atoms with Crippen LogP contribution in [0.4, 0.5) is 10.1 Å². The van der Waals surface area contributed by atoms with Crippen LogP contribution in [-0.4, -0.2) is 61.0 Å². The van der Waals surface area contributed by atoms with Gasteiger partial charge in [0.25, 0.3) is 5.91 Å². The van der Waals surface area contributed by atoms with Gasteiger partial charge in [-0.25, -0.2) is 9.18 Å². The van der Waals surface area contributed by atoms with Gasteiger partial charge in [0.15, 0.2) is 5.78 Å². The fraction of sp³-hybridized carbons (Fsp3) is 0.675. The number of ether oxygens (including phenoxy) is 2. The lowest BCUT2D eigenvalue weighted by molar-refractivity contribution is -0.142. The number of alkyl halides is 1. The minimum Gasteiger partial charge on any atom is -0.480 e. The summed E-state index contributed by atoms with van der Waals surface area (Å²) >= 11 is 0. The molecule has 8 nitrogen and oxygen atoms in total. The predicted molar refractivity (Wildman–Crippen MR) is 197 cm³/mol. The molecule has 0 aliphatic heterocycles. The first-order valence-corrected chi connectivity index (χ1v) is 17.9. The zero-order valence-corrected chi connectivity index (χ0v) is 29.6. The summed E-state index contributed by atoms with van der Waals surface area (Å²) in [6, 6.07) is 7.47. The summed E-state index contributed by atoms with van der Waals surface area (Å²) in [4.78, 5) is 33.6. The first-order valence-electron chi connectivity index (χ1n) is 17.9. The summed E-state index contributed by atoms with van der Waals surface area (Å²) in [5, 5.41) is 13.7. The Balaban J connectivity index is 0.000000737. The number of benzene rings is 1. The number of carboxylic acid groups (broad SMARTS) is 1. The first kappa shape index (κ1) is 45.8. The molecule has 276 valence electrons. The van der Waals surface area contributed by atoms with Crippen LogP contribution in [-0.2, 0) is 30.3 Å². The molecule has 2 unspecified atom stereocenters. The number of halogens is 1. The second kappa shape index (κ2) is 29.7. The molecule has 49 heavy (non-hydrogen) atoms. The molecule has 2 atom stereocenters. The van der Waals surface area contributed by atoms with Crippen molar-refractivity contribution in [1.82, 2.24) is 5.32 Å². The predicted octanol–water partition coefficient (Wildman–Crippen LogP) is 8.42. The molecule has 0 saturated heterocycles. The number of carbonyl (C=O) groups is 3. The van der Waals surface area contributed by atoms with Crippen molar-refractivity contribution < 1.29 is 33.4 Å². The number of hydrogen-bond donors (Lipinski definition) is 3. The molecule has 2 aliphatic carbocycles.